The summed E-state index contributed by atoms with van der Waals surface area (Å²) in [5.41, 5.74) is 2.58. The zero-order valence-corrected chi connectivity index (χ0v) is 19.8. The van der Waals surface area contributed by atoms with Crippen LogP contribution >= 0.6 is 23.2 Å². The summed E-state index contributed by atoms with van der Waals surface area (Å²) < 4.78 is 87.0. The summed E-state index contributed by atoms with van der Waals surface area (Å²) in [5, 5.41) is 6.43. The minimum absolute atomic E-state index is 0.0294. The molecule has 2 heterocycles. The number of nitrogen functional groups attached to an aromatic ring is 1. The molecule has 0 saturated heterocycles. The van der Waals surface area contributed by atoms with Crippen molar-refractivity contribution in [2.24, 2.45) is 0 Å². The van der Waals surface area contributed by atoms with Crippen molar-refractivity contribution in [3.05, 3.63) is 39.1 Å². The maximum Gasteiger partial charge on any atom is 0.430 e. The lowest BCUT2D eigenvalue weighted by Crippen LogP contribution is -2.26. The molecule has 1 aromatic carbocycles. The van der Waals surface area contributed by atoms with E-state index in [1.165, 1.54) is 6.92 Å². The Morgan fingerprint density at radius 1 is 1.06 bits per heavy atom. The first-order valence-electron chi connectivity index (χ1n) is 9.57. The van der Waals surface area contributed by atoms with E-state index in [9.17, 15) is 35.9 Å². The van der Waals surface area contributed by atoms with E-state index in [1.807, 2.05) is 0 Å². The van der Waals surface area contributed by atoms with Crippen LogP contribution in [0.2, 0.25) is 10.0 Å². The Labute approximate surface area is 207 Å². The van der Waals surface area contributed by atoms with Crippen LogP contribution in [0.25, 0.3) is 17.2 Å². The lowest BCUT2D eigenvalue weighted by molar-refractivity contribution is -0.222. The summed E-state index contributed by atoms with van der Waals surface area (Å²) in [6.07, 6.45) is -13.1. The molecule has 0 fully saturated rings. The molecule has 9 nitrogen and oxygen atoms in total. The second-order valence-electron chi connectivity index (χ2n) is 7.29. The van der Waals surface area contributed by atoms with E-state index in [0.717, 1.165) is 18.5 Å². The van der Waals surface area contributed by atoms with Gasteiger partial charge in [0.05, 0.1) is 21.2 Å². The number of hydrogen-bond donors (Lipinski definition) is 1. The fourth-order valence-electron chi connectivity index (χ4n) is 3.21. The lowest BCUT2D eigenvalue weighted by atomic mass is 10.1. The number of alkyl halides is 6. The fourth-order valence-corrected chi connectivity index (χ4v) is 3.86. The van der Waals surface area contributed by atoms with Gasteiger partial charge in [-0.1, -0.05) is 23.2 Å². The minimum atomic E-state index is -5.23. The van der Waals surface area contributed by atoms with Crippen molar-refractivity contribution in [2.75, 3.05) is 5.73 Å². The first-order chi connectivity index (χ1) is 16.4. The summed E-state index contributed by atoms with van der Waals surface area (Å²) in [6.45, 7) is 3.16. The number of esters is 1. The largest absolute Gasteiger partial charge is 0.448 e. The Balaban J connectivity index is 2.38. The number of benzene rings is 1. The number of ether oxygens (including phenoxy) is 1. The van der Waals surface area contributed by atoms with Crippen molar-refractivity contribution in [3.63, 3.8) is 0 Å². The number of halogens is 8. The zero-order chi connectivity index (χ0) is 27.3. The monoisotopic (exact) mass is 558 g/mol. The molecule has 1 unspecified atom stereocenters. The number of nitrogens with zero attached hydrogens (tertiary/aromatic N) is 5. The number of rotatable bonds is 4. The normalized spacial score (nSPS) is 13.1. The first kappa shape index (κ1) is 27.3. The molecule has 0 bridgehead atoms. The number of anilines is 1. The second kappa shape index (κ2) is 9.28. The van der Waals surface area contributed by atoms with Gasteiger partial charge in [-0.2, -0.15) is 36.1 Å². The second-order valence-corrected chi connectivity index (χ2v) is 8.10. The van der Waals surface area contributed by atoms with Crippen molar-refractivity contribution >= 4 is 40.9 Å². The Morgan fingerprint density at radius 3 is 2.03 bits per heavy atom. The van der Waals surface area contributed by atoms with Gasteiger partial charge in [-0.15, -0.1) is 5.10 Å². The molecule has 3 aromatic rings. The van der Waals surface area contributed by atoms with Gasteiger partial charge in [0.25, 0.3) is 0 Å². The molecule has 36 heavy (non-hydrogen) atoms. The molecule has 0 aliphatic carbocycles. The van der Waals surface area contributed by atoms with Crippen LogP contribution in [-0.4, -0.2) is 42.6 Å². The molecule has 0 saturated carbocycles. The predicted molar refractivity (Wildman–Crippen MR) is 114 cm³/mol. The van der Waals surface area contributed by atoms with E-state index in [0.29, 0.717) is 16.8 Å². The molecule has 17 heteroatoms. The number of aryl methyl sites for hydroxylation is 1. The lowest BCUT2D eigenvalue weighted by Gasteiger charge is -2.20. The van der Waals surface area contributed by atoms with Gasteiger partial charge in [-0.05, 0) is 19.1 Å². The summed E-state index contributed by atoms with van der Waals surface area (Å²) in [7, 11) is 0. The van der Waals surface area contributed by atoms with Crippen LogP contribution in [0.3, 0.4) is 0 Å². The van der Waals surface area contributed by atoms with Crippen molar-refractivity contribution in [2.45, 2.75) is 39.2 Å². The quantitative estimate of drug-likeness (QED) is 0.346. The highest BCUT2D eigenvalue weighted by Crippen LogP contribution is 2.45. The molecule has 0 spiro atoms. The Kier molecular flexibility index (Phi) is 7.02. The van der Waals surface area contributed by atoms with E-state index in [1.54, 1.807) is 0 Å². The maximum atomic E-state index is 14.0. The molecular formula is C19H14Cl2F6N6O3. The molecular weight excluding hydrogens is 545 g/mol. The van der Waals surface area contributed by atoms with Gasteiger partial charge in [-0.3, -0.25) is 9.59 Å². The van der Waals surface area contributed by atoms with Crippen molar-refractivity contribution in [3.8, 4) is 17.2 Å². The zero-order valence-electron chi connectivity index (χ0n) is 18.3. The van der Waals surface area contributed by atoms with Gasteiger partial charge < -0.3 is 10.5 Å². The topological polar surface area (TPSA) is 118 Å². The van der Waals surface area contributed by atoms with Gasteiger partial charge in [0.2, 0.25) is 17.8 Å². The number of hydrogen-bond acceptors (Lipinski definition) is 7. The van der Waals surface area contributed by atoms with Crippen molar-refractivity contribution in [1.82, 2.24) is 24.5 Å². The van der Waals surface area contributed by atoms with E-state index >= 15 is 0 Å². The molecule has 0 radical (unpaired) electrons. The van der Waals surface area contributed by atoms with E-state index in [-0.39, 0.29) is 5.82 Å². The Hall–Kier alpha value is -3.33. The van der Waals surface area contributed by atoms with Gasteiger partial charge in [-0.25, -0.2) is 9.67 Å². The summed E-state index contributed by atoms with van der Waals surface area (Å²) in [4.78, 5) is 27.2. The Morgan fingerprint density at radius 2 is 1.61 bits per heavy atom. The van der Waals surface area contributed by atoms with Gasteiger partial charge in [0.15, 0.2) is 0 Å². The van der Waals surface area contributed by atoms with E-state index < -0.39 is 74.5 Å². The van der Waals surface area contributed by atoms with Gasteiger partial charge in [0, 0.05) is 13.8 Å². The van der Waals surface area contributed by atoms with E-state index in [2.05, 4.69) is 19.9 Å². The van der Waals surface area contributed by atoms with Crippen LogP contribution < -0.4 is 5.73 Å². The van der Waals surface area contributed by atoms with Crippen LogP contribution in [0.1, 0.15) is 41.7 Å². The molecule has 194 valence electrons. The molecule has 3 rings (SSSR count). The average Bonchev–Trinajstić information content (AvgIpc) is 3.24. The molecule has 0 amide bonds. The first-order valence-corrected chi connectivity index (χ1v) is 10.3. The van der Waals surface area contributed by atoms with Crippen LogP contribution in [0.15, 0.2) is 12.1 Å². The number of carbonyl (C=O) groups excluding carboxylic acids is 2. The predicted octanol–water partition coefficient (Wildman–Crippen LogP) is 5.17. The number of aromatic nitrogens is 5. The van der Waals surface area contributed by atoms with Crippen LogP contribution in [-0.2, 0) is 15.7 Å². The van der Waals surface area contributed by atoms with Crippen molar-refractivity contribution < 1.29 is 40.7 Å². The van der Waals surface area contributed by atoms with Gasteiger partial charge in [0.1, 0.15) is 23.0 Å². The molecule has 0 aliphatic rings. The smallest absolute Gasteiger partial charge is 0.430 e. The molecule has 2 aromatic heterocycles. The van der Waals surface area contributed by atoms with Crippen LogP contribution in [0.5, 0.6) is 0 Å². The molecule has 1 atom stereocenters. The maximum absolute atomic E-state index is 14.0. The highest BCUT2D eigenvalue weighted by molar-refractivity contribution is 6.38. The third kappa shape index (κ3) is 5.11. The summed E-state index contributed by atoms with van der Waals surface area (Å²) in [5.74, 6) is -3.36. The SMILES string of the molecule is CC(=O)OC(c1c(-c2nc(C)n(C(C)=O)n2)nn(-c2c(Cl)cc(C(F)(F)F)cc2Cl)c1N)C(F)(F)F. The standard InChI is InChI=1S/C19H14Cl2F6N6O3/c1-6-29-17(31-32(6)7(2)34)13-12(15(19(25,26)27)36-8(3)35)16(28)33(30-13)14-10(20)4-9(5-11(14)21)18(22,23)24/h4-5,15H,28H2,1-3H3. The van der Waals surface area contributed by atoms with Crippen molar-refractivity contribution in [1.29, 1.82) is 0 Å². The third-order valence-electron chi connectivity index (χ3n) is 4.64. The van der Waals surface area contributed by atoms with Crippen LogP contribution in [0.4, 0.5) is 32.2 Å². The molecule has 0 aliphatic heterocycles. The van der Waals surface area contributed by atoms with Crippen LogP contribution in [0, 0.1) is 6.92 Å². The minimum Gasteiger partial charge on any atom is -0.448 e. The fraction of sp³-hybridized carbons (Fsp3) is 0.316. The third-order valence-corrected chi connectivity index (χ3v) is 5.21. The Bertz CT molecular complexity index is 1340. The van der Waals surface area contributed by atoms with E-state index in [4.69, 9.17) is 28.9 Å². The average molecular weight is 559 g/mol. The summed E-state index contributed by atoms with van der Waals surface area (Å²) in [6, 6.07) is 0.951. The molecule has 2 N–H and O–H groups in total. The highest BCUT2D eigenvalue weighted by atomic mass is 35.5. The highest BCUT2D eigenvalue weighted by Gasteiger charge is 2.48. The van der Waals surface area contributed by atoms with Gasteiger partial charge >= 0.3 is 18.3 Å². The number of nitrogens with two attached hydrogens (primary N) is 1. The number of carbonyl (C=O) groups is 2. The summed E-state index contributed by atoms with van der Waals surface area (Å²) >= 11 is 12.0.